The smallest absolute Gasteiger partial charge is 0.0767 e. The van der Waals surface area contributed by atoms with Crippen LogP contribution in [0.3, 0.4) is 0 Å². The maximum Gasteiger partial charge on any atom is 0.0767 e. The average Bonchev–Trinajstić information content (AvgIpc) is 1.93. The summed E-state index contributed by atoms with van der Waals surface area (Å²) in [7, 11) is 0.836. The van der Waals surface area contributed by atoms with Crippen molar-refractivity contribution in [2.45, 2.75) is 52.9 Å². The Morgan fingerprint density at radius 2 is 1.40 bits per heavy atom. The summed E-state index contributed by atoms with van der Waals surface area (Å²) in [5, 5.41) is 0.0579. The maximum absolute atomic E-state index is 11.9. The Bertz CT molecular complexity index is 223. The summed E-state index contributed by atoms with van der Waals surface area (Å²) in [6.07, 6.45) is 1.79. The van der Waals surface area contributed by atoms with Gasteiger partial charge in [-0.25, -0.2) is 0 Å². The summed E-state index contributed by atoms with van der Waals surface area (Å²) >= 11 is 0. The molecule has 0 amide bonds. The molecule has 3 heteroatoms. The standard InChI is InChI=1S/C12H26O2S/c1-11(2,3)9(14-7)10(15(8)13)12(4,5)6/h9-10H,1-8H3/t9-,10-,15?/m0/s1. The molecule has 0 rings (SSSR count). The lowest BCUT2D eigenvalue weighted by Crippen LogP contribution is -2.48. The molecular weight excluding hydrogens is 208 g/mol. The van der Waals surface area contributed by atoms with Crippen molar-refractivity contribution in [2.24, 2.45) is 10.8 Å². The van der Waals surface area contributed by atoms with E-state index in [9.17, 15) is 4.21 Å². The molecule has 15 heavy (non-hydrogen) atoms. The largest absolute Gasteiger partial charge is 0.380 e. The highest BCUT2D eigenvalue weighted by Gasteiger charge is 2.41. The van der Waals surface area contributed by atoms with Crippen LogP contribution in [-0.2, 0) is 15.5 Å². The van der Waals surface area contributed by atoms with E-state index in [0.29, 0.717) is 0 Å². The van der Waals surface area contributed by atoms with Crippen LogP contribution < -0.4 is 0 Å². The molecule has 0 saturated carbocycles. The first-order chi connectivity index (χ1) is 6.51. The number of methoxy groups -OCH3 is 1. The lowest BCUT2D eigenvalue weighted by Gasteiger charge is -2.41. The van der Waals surface area contributed by atoms with Crippen LogP contribution in [0.2, 0.25) is 0 Å². The van der Waals surface area contributed by atoms with Crippen LogP contribution in [0.25, 0.3) is 0 Å². The average molecular weight is 234 g/mol. The minimum atomic E-state index is -0.874. The summed E-state index contributed by atoms with van der Waals surface area (Å²) in [6.45, 7) is 12.8. The van der Waals surface area contributed by atoms with Gasteiger partial charge in [0.2, 0.25) is 0 Å². The molecule has 0 aliphatic heterocycles. The zero-order valence-corrected chi connectivity index (χ0v) is 12.2. The van der Waals surface area contributed by atoms with Gasteiger partial charge in [-0.15, -0.1) is 0 Å². The summed E-state index contributed by atoms with van der Waals surface area (Å²) in [5.74, 6) is 0. The minimum Gasteiger partial charge on any atom is -0.380 e. The number of ether oxygens (including phenoxy) is 1. The van der Waals surface area contributed by atoms with Crippen LogP contribution in [0.1, 0.15) is 41.5 Å². The Kier molecular flexibility index (Phi) is 5.00. The van der Waals surface area contributed by atoms with Gasteiger partial charge in [0.05, 0.1) is 11.4 Å². The van der Waals surface area contributed by atoms with Crippen molar-refractivity contribution in [1.29, 1.82) is 0 Å². The molecule has 0 saturated heterocycles. The Hall–Kier alpha value is 0.110. The molecule has 2 nitrogen and oxygen atoms in total. The van der Waals surface area contributed by atoms with Crippen LogP contribution in [0.15, 0.2) is 0 Å². The molecule has 0 fully saturated rings. The van der Waals surface area contributed by atoms with E-state index in [4.69, 9.17) is 4.74 Å². The topological polar surface area (TPSA) is 26.3 Å². The minimum absolute atomic E-state index is 0.00638. The van der Waals surface area contributed by atoms with Crippen molar-refractivity contribution >= 4 is 10.8 Å². The van der Waals surface area contributed by atoms with E-state index >= 15 is 0 Å². The van der Waals surface area contributed by atoms with Crippen molar-refractivity contribution in [2.75, 3.05) is 13.4 Å². The Morgan fingerprint density at radius 3 is 1.47 bits per heavy atom. The molecule has 3 atom stereocenters. The zero-order valence-electron chi connectivity index (χ0n) is 11.4. The monoisotopic (exact) mass is 234 g/mol. The van der Waals surface area contributed by atoms with E-state index < -0.39 is 10.8 Å². The van der Waals surface area contributed by atoms with Crippen LogP contribution >= 0.6 is 0 Å². The summed E-state index contributed by atoms with van der Waals surface area (Å²) < 4.78 is 17.4. The highest BCUT2D eigenvalue weighted by Crippen LogP contribution is 2.35. The Labute approximate surface area is 97.2 Å². The van der Waals surface area contributed by atoms with Gasteiger partial charge < -0.3 is 4.74 Å². The summed E-state index contributed by atoms with van der Waals surface area (Å²) in [6, 6.07) is 0. The summed E-state index contributed by atoms with van der Waals surface area (Å²) in [4.78, 5) is 0. The molecule has 0 aromatic rings. The van der Waals surface area contributed by atoms with Gasteiger partial charge in [0.15, 0.2) is 0 Å². The highest BCUT2D eigenvalue weighted by atomic mass is 32.2. The number of rotatable bonds is 3. The molecule has 0 aliphatic rings. The molecule has 0 spiro atoms. The number of hydrogen-bond donors (Lipinski definition) is 0. The first-order valence-corrected chi connectivity index (χ1v) is 6.99. The second kappa shape index (κ2) is 4.96. The van der Waals surface area contributed by atoms with Crippen molar-refractivity contribution in [1.82, 2.24) is 0 Å². The van der Waals surface area contributed by atoms with E-state index in [1.165, 1.54) is 0 Å². The molecular formula is C12H26O2S. The van der Waals surface area contributed by atoms with E-state index in [0.717, 1.165) is 0 Å². The van der Waals surface area contributed by atoms with E-state index in [1.807, 2.05) is 0 Å². The predicted molar refractivity (Wildman–Crippen MR) is 67.6 cm³/mol. The van der Waals surface area contributed by atoms with Crippen LogP contribution in [0.5, 0.6) is 0 Å². The lowest BCUT2D eigenvalue weighted by atomic mass is 9.78. The van der Waals surface area contributed by atoms with Gasteiger partial charge in [-0.05, 0) is 10.8 Å². The Morgan fingerprint density at radius 1 is 1.00 bits per heavy atom. The van der Waals surface area contributed by atoms with Crippen LogP contribution in [0, 0.1) is 10.8 Å². The van der Waals surface area contributed by atoms with Crippen LogP contribution in [-0.4, -0.2) is 28.9 Å². The first kappa shape index (κ1) is 15.1. The van der Waals surface area contributed by atoms with E-state index in [1.54, 1.807) is 13.4 Å². The van der Waals surface area contributed by atoms with Gasteiger partial charge >= 0.3 is 0 Å². The van der Waals surface area contributed by atoms with Gasteiger partial charge in [-0.1, -0.05) is 41.5 Å². The van der Waals surface area contributed by atoms with Gasteiger partial charge in [-0.2, -0.15) is 0 Å². The molecule has 0 N–H and O–H groups in total. The Balaban J connectivity index is 5.15. The van der Waals surface area contributed by atoms with Gasteiger partial charge in [0, 0.05) is 24.2 Å². The van der Waals surface area contributed by atoms with Crippen molar-refractivity contribution in [3.63, 3.8) is 0 Å². The van der Waals surface area contributed by atoms with Gasteiger partial charge in [0.25, 0.3) is 0 Å². The predicted octanol–water partition coefficient (Wildman–Crippen LogP) is 2.84. The van der Waals surface area contributed by atoms with Crippen molar-refractivity contribution in [3.05, 3.63) is 0 Å². The fraction of sp³-hybridized carbons (Fsp3) is 1.00. The van der Waals surface area contributed by atoms with E-state index in [2.05, 4.69) is 41.5 Å². The third kappa shape index (κ3) is 4.23. The highest BCUT2D eigenvalue weighted by molar-refractivity contribution is 7.85. The second-order valence-corrected chi connectivity index (χ2v) is 7.81. The van der Waals surface area contributed by atoms with Crippen molar-refractivity contribution in [3.8, 4) is 0 Å². The molecule has 0 aromatic heterocycles. The molecule has 0 bridgehead atoms. The molecule has 1 unspecified atom stereocenters. The molecule has 0 aliphatic carbocycles. The third-order valence-electron chi connectivity index (χ3n) is 2.59. The molecule has 0 heterocycles. The van der Waals surface area contributed by atoms with Crippen LogP contribution in [0.4, 0.5) is 0 Å². The van der Waals surface area contributed by atoms with E-state index in [-0.39, 0.29) is 22.2 Å². The number of hydrogen-bond acceptors (Lipinski definition) is 2. The fourth-order valence-electron chi connectivity index (χ4n) is 2.06. The first-order valence-electron chi connectivity index (χ1n) is 5.37. The summed E-state index contributed by atoms with van der Waals surface area (Å²) in [5.41, 5.74) is 0.00589. The van der Waals surface area contributed by atoms with Gasteiger partial charge in [-0.3, -0.25) is 4.21 Å². The van der Waals surface area contributed by atoms with Crippen molar-refractivity contribution < 1.29 is 8.95 Å². The third-order valence-corrected chi connectivity index (χ3v) is 4.26. The SMILES string of the molecule is CO[C@@H]([C@H](S(C)=O)C(C)(C)C)C(C)(C)C. The van der Waals surface area contributed by atoms with Gasteiger partial charge in [0.1, 0.15) is 0 Å². The molecule has 0 radical (unpaired) electrons. The fourth-order valence-corrected chi connectivity index (χ4v) is 3.92. The normalized spacial score (nSPS) is 19.7. The zero-order chi connectivity index (χ0) is 12.4. The molecule has 92 valence electrons. The second-order valence-electron chi connectivity index (χ2n) is 6.31. The molecule has 0 aromatic carbocycles. The lowest BCUT2D eigenvalue weighted by molar-refractivity contribution is -0.00560. The quantitative estimate of drug-likeness (QED) is 0.750. The maximum atomic E-state index is 11.9.